The number of likely N-dealkylation sites (tertiary alicyclic amines) is 1. The van der Waals surface area contributed by atoms with Crippen LogP contribution < -0.4 is 5.32 Å². The summed E-state index contributed by atoms with van der Waals surface area (Å²) in [6, 6.07) is 0.165. The van der Waals surface area contributed by atoms with Crippen molar-refractivity contribution >= 4 is 17.7 Å². The van der Waals surface area contributed by atoms with E-state index in [9.17, 15) is 19.5 Å². The summed E-state index contributed by atoms with van der Waals surface area (Å²) in [5.74, 6) is -0.0314. The highest BCUT2D eigenvalue weighted by molar-refractivity contribution is 5.80. The average Bonchev–Trinajstić information content (AvgIpc) is 2.90. The van der Waals surface area contributed by atoms with Crippen LogP contribution in [0.4, 0.5) is 0 Å². The maximum Gasteiger partial charge on any atom is 0.225 e. The molecular weight excluding hydrogens is 336 g/mol. The van der Waals surface area contributed by atoms with Crippen molar-refractivity contribution in [1.29, 1.82) is 0 Å². The summed E-state index contributed by atoms with van der Waals surface area (Å²) >= 11 is 0. The molecule has 8 nitrogen and oxygen atoms in total. The molecule has 3 saturated heterocycles. The van der Waals surface area contributed by atoms with Gasteiger partial charge in [0.1, 0.15) is 0 Å². The van der Waals surface area contributed by atoms with Gasteiger partial charge in [-0.15, -0.1) is 0 Å². The minimum absolute atomic E-state index is 0.0213. The summed E-state index contributed by atoms with van der Waals surface area (Å²) in [5.41, 5.74) is -0.241. The Hall–Kier alpha value is -1.67. The van der Waals surface area contributed by atoms with E-state index in [-0.39, 0.29) is 47.7 Å². The Morgan fingerprint density at radius 3 is 2.42 bits per heavy atom. The first-order valence-corrected chi connectivity index (χ1v) is 9.47. The van der Waals surface area contributed by atoms with Gasteiger partial charge < -0.3 is 20.2 Å². The first-order chi connectivity index (χ1) is 12.2. The predicted octanol–water partition coefficient (Wildman–Crippen LogP) is -0.973. The number of carbonyl (C=O) groups excluding carboxylic acids is 3. The molecule has 0 unspecified atom stereocenters. The van der Waals surface area contributed by atoms with Gasteiger partial charge >= 0.3 is 0 Å². The van der Waals surface area contributed by atoms with Crippen molar-refractivity contribution in [2.75, 3.05) is 39.3 Å². The topological polar surface area (TPSA) is 93.2 Å². The van der Waals surface area contributed by atoms with E-state index in [0.717, 1.165) is 0 Å². The number of piperazine rings is 1. The van der Waals surface area contributed by atoms with Gasteiger partial charge in [-0.1, -0.05) is 13.8 Å². The fourth-order valence-electron chi connectivity index (χ4n) is 4.57. The van der Waals surface area contributed by atoms with Gasteiger partial charge in [-0.25, -0.2) is 0 Å². The van der Waals surface area contributed by atoms with Gasteiger partial charge in [-0.2, -0.15) is 0 Å². The van der Waals surface area contributed by atoms with E-state index in [1.165, 1.54) is 6.92 Å². The van der Waals surface area contributed by atoms with Crippen LogP contribution >= 0.6 is 0 Å². The standard InChI is InChI=1S/C18H30N4O4/c1-12(2)17(26)20-7-14-6-15(24)8-22(14)18(9-20)10-21(11-18)16(25)4-5-19-13(3)23/h12,14-15,24H,4-11H2,1-3H3,(H,19,23)/t14-,15+/m0/s1. The molecule has 0 aromatic carbocycles. The molecule has 0 radical (unpaired) electrons. The summed E-state index contributed by atoms with van der Waals surface area (Å²) < 4.78 is 0. The number of hydrogen-bond donors (Lipinski definition) is 2. The Morgan fingerprint density at radius 2 is 1.81 bits per heavy atom. The highest BCUT2D eigenvalue weighted by Crippen LogP contribution is 2.39. The Morgan fingerprint density at radius 1 is 1.15 bits per heavy atom. The number of β-amino-alcohol motifs (C(OH)–C–C–N with tert-alkyl or cyclic N) is 1. The number of nitrogens with zero attached hydrogens (tertiary/aromatic N) is 3. The van der Waals surface area contributed by atoms with E-state index in [1.807, 2.05) is 18.7 Å². The number of nitrogens with one attached hydrogen (secondary N) is 1. The van der Waals surface area contributed by atoms with Crippen LogP contribution in [0.5, 0.6) is 0 Å². The first-order valence-electron chi connectivity index (χ1n) is 9.47. The van der Waals surface area contributed by atoms with Crippen molar-refractivity contribution in [1.82, 2.24) is 20.0 Å². The highest BCUT2D eigenvalue weighted by Gasteiger charge is 2.57. The summed E-state index contributed by atoms with van der Waals surface area (Å²) in [5, 5.41) is 12.8. The number of hydrogen-bond acceptors (Lipinski definition) is 5. The molecule has 0 bridgehead atoms. The number of amides is 3. The highest BCUT2D eigenvalue weighted by atomic mass is 16.3. The first kappa shape index (κ1) is 19.1. The lowest BCUT2D eigenvalue weighted by Crippen LogP contribution is -2.79. The van der Waals surface area contributed by atoms with Crippen LogP contribution in [-0.4, -0.2) is 94.5 Å². The molecule has 3 amide bonds. The van der Waals surface area contributed by atoms with Gasteiger partial charge in [0.05, 0.1) is 11.6 Å². The van der Waals surface area contributed by atoms with Gasteiger partial charge in [0.2, 0.25) is 17.7 Å². The molecule has 0 aromatic heterocycles. The zero-order valence-electron chi connectivity index (χ0n) is 15.9. The number of aliphatic hydroxyl groups is 1. The normalized spacial score (nSPS) is 27.4. The Kier molecular flexibility index (Phi) is 5.25. The van der Waals surface area contributed by atoms with E-state index in [1.54, 1.807) is 4.90 Å². The Balaban J connectivity index is 1.64. The third-order valence-corrected chi connectivity index (χ3v) is 5.76. The molecule has 3 rings (SSSR count). The van der Waals surface area contributed by atoms with Crippen molar-refractivity contribution in [2.24, 2.45) is 5.92 Å². The fraction of sp³-hybridized carbons (Fsp3) is 0.833. The monoisotopic (exact) mass is 366 g/mol. The van der Waals surface area contributed by atoms with Gasteiger partial charge in [-0.05, 0) is 6.42 Å². The second-order valence-corrected chi connectivity index (χ2v) is 8.28. The Labute approximate surface area is 154 Å². The van der Waals surface area contributed by atoms with Crippen molar-refractivity contribution in [3.05, 3.63) is 0 Å². The second-order valence-electron chi connectivity index (χ2n) is 8.28. The largest absolute Gasteiger partial charge is 0.392 e. The van der Waals surface area contributed by atoms with Gasteiger partial charge in [0, 0.05) is 64.6 Å². The number of carbonyl (C=O) groups is 3. The van der Waals surface area contributed by atoms with Crippen LogP contribution in [0.2, 0.25) is 0 Å². The maximum atomic E-state index is 12.5. The van der Waals surface area contributed by atoms with E-state index in [4.69, 9.17) is 0 Å². The lowest BCUT2D eigenvalue weighted by molar-refractivity contribution is -0.163. The molecule has 146 valence electrons. The minimum atomic E-state index is -0.365. The van der Waals surface area contributed by atoms with E-state index >= 15 is 0 Å². The zero-order chi connectivity index (χ0) is 19.1. The zero-order valence-corrected chi connectivity index (χ0v) is 15.9. The number of aliphatic hydroxyl groups excluding tert-OH is 1. The van der Waals surface area contributed by atoms with Crippen LogP contribution in [0.3, 0.4) is 0 Å². The van der Waals surface area contributed by atoms with E-state index < -0.39 is 0 Å². The predicted molar refractivity (Wildman–Crippen MR) is 95.1 cm³/mol. The molecule has 2 N–H and O–H groups in total. The van der Waals surface area contributed by atoms with Crippen molar-refractivity contribution in [2.45, 2.75) is 51.3 Å². The third kappa shape index (κ3) is 3.57. The van der Waals surface area contributed by atoms with Crippen molar-refractivity contribution in [3.63, 3.8) is 0 Å². The fourth-order valence-corrected chi connectivity index (χ4v) is 4.57. The lowest BCUT2D eigenvalue weighted by atomic mass is 9.83. The van der Waals surface area contributed by atoms with E-state index in [2.05, 4.69) is 10.2 Å². The SMILES string of the molecule is CC(=O)NCCC(=O)N1CC2(C1)CN(C(=O)C(C)C)C[C@@H]1C[C@@H](O)CN12. The molecule has 0 aliphatic carbocycles. The van der Waals surface area contributed by atoms with Gasteiger partial charge in [0.15, 0.2) is 0 Å². The minimum Gasteiger partial charge on any atom is -0.392 e. The number of fused-ring (bicyclic) bond motifs is 2. The van der Waals surface area contributed by atoms with Crippen molar-refractivity contribution < 1.29 is 19.5 Å². The smallest absolute Gasteiger partial charge is 0.225 e. The molecule has 8 heteroatoms. The molecule has 0 aromatic rings. The van der Waals surface area contributed by atoms with Crippen LogP contribution in [0.1, 0.15) is 33.6 Å². The summed E-state index contributed by atoms with van der Waals surface area (Å²) in [7, 11) is 0. The molecule has 3 fully saturated rings. The molecule has 1 spiro atoms. The Bertz CT molecular complexity index is 588. The van der Waals surface area contributed by atoms with Gasteiger partial charge in [0.25, 0.3) is 0 Å². The average molecular weight is 366 g/mol. The molecule has 2 atom stereocenters. The summed E-state index contributed by atoms with van der Waals surface area (Å²) in [6.07, 6.45) is 0.603. The van der Waals surface area contributed by atoms with E-state index in [0.29, 0.717) is 45.7 Å². The maximum absolute atomic E-state index is 12.5. The summed E-state index contributed by atoms with van der Waals surface area (Å²) in [6.45, 7) is 8.64. The lowest BCUT2D eigenvalue weighted by Gasteiger charge is -2.61. The van der Waals surface area contributed by atoms with Crippen LogP contribution in [0.15, 0.2) is 0 Å². The second kappa shape index (κ2) is 7.15. The van der Waals surface area contributed by atoms with Crippen LogP contribution in [0, 0.1) is 5.92 Å². The van der Waals surface area contributed by atoms with Crippen LogP contribution in [0.25, 0.3) is 0 Å². The van der Waals surface area contributed by atoms with Crippen LogP contribution in [-0.2, 0) is 14.4 Å². The number of rotatable bonds is 4. The molecular formula is C18H30N4O4. The molecule has 26 heavy (non-hydrogen) atoms. The van der Waals surface area contributed by atoms with Gasteiger partial charge in [-0.3, -0.25) is 19.3 Å². The molecule has 3 aliphatic rings. The quantitative estimate of drug-likeness (QED) is 0.668. The summed E-state index contributed by atoms with van der Waals surface area (Å²) in [4.78, 5) is 41.8. The molecule has 3 heterocycles. The van der Waals surface area contributed by atoms with Crippen molar-refractivity contribution in [3.8, 4) is 0 Å². The molecule has 3 aliphatic heterocycles. The third-order valence-electron chi connectivity index (χ3n) is 5.76. The molecule has 0 saturated carbocycles.